The predicted molar refractivity (Wildman–Crippen MR) is 112 cm³/mol. The second-order valence-corrected chi connectivity index (χ2v) is 6.79. The van der Waals surface area contributed by atoms with E-state index in [4.69, 9.17) is 16.3 Å². The van der Waals surface area contributed by atoms with Crippen LogP contribution in [0.4, 0.5) is 11.4 Å². The molecule has 0 saturated carbocycles. The van der Waals surface area contributed by atoms with Crippen LogP contribution in [0, 0.1) is 24.0 Å². The molecule has 0 radical (unpaired) electrons. The Labute approximate surface area is 168 Å². The number of ether oxygens (including phenoxy) is 1. The summed E-state index contributed by atoms with van der Waals surface area (Å²) in [7, 11) is 0. The molecule has 0 heterocycles. The van der Waals surface area contributed by atoms with Crippen LogP contribution in [0.1, 0.15) is 22.3 Å². The van der Waals surface area contributed by atoms with E-state index in [1.807, 2.05) is 25.1 Å². The molecular weight excluding hydrogens is 376 g/mol. The van der Waals surface area contributed by atoms with Crippen LogP contribution in [0.3, 0.4) is 0 Å². The van der Waals surface area contributed by atoms with Crippen molar-refractivity contribution < 1.29 is 9.66 Å². The van der Waals surface area contributed by atoms with Gasteiger partial charge >= 0.3 is 0 Å². The average molecular weight is 395 g/mol. The first-order chi connectivity index (χ1) is 13.4. The van der Waals surface area contributed by atoms with Crippen LogP contribution in [-0.2, 0) is 6.61 Å². The van der Waals surface area contributed by atoms with Crippen LogP contribution >= 0.6 is 11.6 Å². The monoisotopic (exact) mass is 394 g/mol. The molecule has 0 aliphatic carbocycles. The summed E-state index contributed by atoms with van der Waals surface area (Å²) in [4.78, 5) is 14.8. The summed E-state index contributed by atoms with van der Waals surface area (Å²) in [6.07, 6.45) is 1.77. The lowest BCUT2D eigenvalue weighted by Gasteiger charge is -2.09. The van der Waals surface area contributed by atoms with E-state index in [1.54, 1.807) is 30.5 Å². The maximum absolute atomic E-state index is 10.7. The van der Waals surface area contributed by atoms with Crippen LogP contribution in [0.15, 0.2) is 65.7 Å². The Kier molecular flexibility index (Phi) is 6.06. The standard InChI is InChI=1S/C22H19ClN2O3/c1-15-4-3-5-21(16(15)2)24-13-18-8-11-22(20(23)12-18)28-14-17-6-9-19(10-7-17)25(26)27/h3-13H,14H2,1-2H3. The Balaban J connectivity index is 1.67. The van der Waals surface area contributed by atoms with Gasteiger partial charge in [0.2, 0.25) is 0 Å². The lowest BCUT2D eigenvalue weighted by molar-refractivity contribution is -0.384. The van der Waals surface area contributed by atoms with Crippen molar-refractivity contribution >= 4 is 29.2 Å². The molecule has 0 bridgehead atoms. The van der Waals surface area contributed by atoms with Crippen molar-refractivity contribution in [1.29, 1.82) is 0 Å². The van der Waals surface area contributed by atoms with Crippen molar-refractivity contribution in [3.8, 4) is 5.75 Å². The molecule has 142 valence electrons. The van der Waals surface area contributed by atoms with Gasteiger partial charge in [0.25, 0.3) is 5.69 Å². The number of aryl methyl sites for hydroxylation is 1. The van der Waals surface area contributed by atoms with Crippen molar-refractivity contribution in [2.75, 3.05) is 0 Å². The zero-order valence-corrected chi connectivity index (χ0v) is 16.3. The fourth-order valence-corrected chi connectivity index (χ4v) is 2.85. The Morgan fingerprint density at radius 2 is 1.86 bits per heavy atom. The van der Waals surface area contributed by atoms with Crippen LogP contribution in [0.25, 0.3) is 0 Å². The first-order valence-corrected chi connectivity index (χ1v) is 9.08. The number of non-ortho nitro benzene ring substituents is 1. The van der Waals surface area contributed by atoms with E-state index < -0.39 is 4.92 Å². The normalized spacial score (nSPS) is 11.0. The molecule has 5 nitrogen and oxygen atoms in total. The topological polar surface area (TPSA) is 64.7 Å². The van der Waals surface area contributed by atoms with Gasteiger partial charge in [0.1, 0.15) is 12.4 Å². The Hall–Kier alpha value is -3.18. The highest BCUT2D eigenvalue weighted by atomic mass is 35.5. The molecule has 3 rings (SSSR count). The number of nitrogens with zero attached hydrogens (tertiary/aromatic N) is 2. The molecule has 0 saturated heterocycles. The van der Waals surface area contributed by atoms with Gasteiger partial charge in [0, 0.05) is 18.3 Å². The molecule has 0 amide bonds. The van der Waals surface area contributed by atoms with Gasteiger partial charge in [-0.2, -0.15) is 0 Å². The van der Waals surface area contributed by atoms with Gasteiger partial charge in [-0.05, 0) is 72.5 Å². The minimum absolute atomic E-state index is 0.0502. The number of nitro benzene ring substituents is 1. The van der Waals surface area contributed by atoms with E-state index in [0.717, 1.165) is 22.4 Å². The maximum Gasteiger partial charge on any atom is 0.269 e. The molecule has 3 aromatic carbocycles. The average Bonchev–Trinajstić information content (AvgIpc) is 2.68. The van der Waals surface area contributed by atoms with Crippen molar-refractivity contribution in [3.05, 3.63) is 98.1 Å². The summed E-state index contributed by atoms with van der Waals surface area (Å²) < 4.78 is 5.73. The highest BCUT2D eigenvalue weighted by Crippen LogP contribution is 2.27. The number of rotatable bonds is 6. The van der Waals surface area contributed by atoms with Crippen LogP contribution in [0.5, 0.6) is 5.75 Å². The lowest BCUT2D eigenvalue weighted by Crippen LogP contribution is -1.97. The fraction of sp³-hybridized carbons (Fsp3) is 0.136. The van der Waals surface area contributed by atoms with Gasteiger partial charge in [-0.1, -0.05) is 23.7 Å². The lowest BCUT2D eigenvalue weighted by atomic mass is 10.1. The van der Waals surface area contributed by atoms with Gasteiger partial charge < -0.3 is 4.74 Å². The van der Waals surface area contributed by atoms with E-state index in [-0.39, 0.29) is 12.3 Å². The second kappa shape index (κ2) is 8.67. The van der Waals surface area contributed by atoms with Gasteiger partial charge in [-0.25, -0.2) is 0 Å². The van der Waals surface area contributed by atoms with Crippen molar-refractivity contribution in [3.63, 3.8) is 0 Å². The minimum atomic E-state index is -0.431. The molecule has 3 aromatic rings. The Morgan fingerprint density at radius 1 is 1.11 bits per heavy atom. The highest BCUT2D eigenvalue weighted by molar-refractivity contribution is 6.32. The molecule has 0 atom stereocenters. The summed E-state index contributed by atoms with van der Waals surface area (Å²) in [6.45, 7) is 4.38. The first kappa shape index (κ1) is 19.6. The summed E-state index contributed by atoms with van der Waals surface area (Å²) in [5.74, 6) is 0.545. The predicted octanol–water partition coefficient (Wildman–Crippen LogP) is 6.19. The third-order valence-electron chi connectivity index (χ3n) is 4.43. The highest BCUT2D eigenvalue weighted by Gasteiger charge is 2.06. The summed E-state index contributed by atoms with van der Waals surface area (Å²) in [5, 5.41) is 11.2. The first-order valence-electron chi connectivity index (χ1n) is 8.70. The van der Waals surface area contributed by atoms with E-state index in [1.165, 1.54) is 17.7 Å². The molecular formula is C22H19ClN2O3. The molecule has 0 aromatic heterocycles. The summed E-state index contributed by atoms with van der Waals surface area (Å²) in [6, 6.07) is 17.7. The SMILES string of the molecule is Cc1cccc(N=Cc2ccc(OCc3ccc([N+](=O)[O-])cc3)c(Cl)c2)c1C. The maximum atomic E-state index is 10.7. The third kappa shape index (κ3) is 4.75. The van der Waals surface area contributed by atoms with Gasteiger partial charge in [0.05, 0.1) is 15.6 Å². The molecule has 0 N–H and O–H groups in total. The number of aliphatic imine (C=N–C) groups is 1. The van der Waals surface area contributed by atoms with Crippen molar-refractivity contribution in [1.82, 2.24) is 0 Å². The number of hydrogen-bond acceptors (Lipinski definition) is 4. The van der Waals surface area contributed by atoms with E-state index in [9.17, 15) is 10.1 Å². The number of halogens is 1. The zero-order valence-electron chi connectivity index (χ0n) is 15.6. The molecule has 0 aliphatic rings. The van der Waals surface area contributed by atoms with Crippen LogP contribution in [-0.4, -0.2) is 11.1 Å². The van der Waals surface area contributed by atoms with Crippen molar-refractivity contribution in [2.24, 2.45) is 4.99 Å². The van der Waals surface area contributed by atoms with Crippen LogP contribution < -0.4 is 4.74 Å². The Bertz CT molecular complexity index is 1030. The number of hydrogen-bond donors (Lipinski definition) is 0. The zero-order chi connectivity index (χ0) is 20.1. The third-order valence-corrected chi connectivity index (χ3v) is 4.72. The molecule has 0 fully saturated rings. The van der Waals surface area contributed by atoms with Crippen LogP contribution in [0.2, 0.25) is 5.02 Å². The molecule has 0 aliphatic heterocycles. The van der Waals surface area contributed by atoms with E-state index >= 15 is 0 Å². The molecule has 0 unspecified atom stereocenters. The van der Waals surface area contributed by atoms with Crippen molar-refractivity contribution in [2.45, 2.75) is 20.5 Å². The minimum Gasteiger partial charge on any atom is -0.487 e. The van der Waals surface area contributed by atoms with E-state index in [0.29, 0.717) is 10.8 Å². The summed E-state index contributed by atoms with van der Waals surface area (Å²) in [5.41, 5.74) is 5.01. The number of benzene rings is 3. The molecule has 6 heteroatoms. The largest absolute Gasteiger partial charge is 0.487 e. The van der Waals surface area contributed by atoms with Gasteiger partial charge in [0.15, 0.2) is 0 Å². The smallest absolute Gasteiger partial charge is 0.269 e. The molecule has 28 heavy (non-hydrogen) atoms. The molecule has 0 spiro atoms. The Morgan fingerprint density at radius 3 is 2.54 bits per heavy atom. The number of nitro groups is 1. The van der Waals surface area contributed by atoms with E-state index in [2.05, 4.69) is 18.0 Å². The summed E-state index contributed by atoms with van der Waals surface area (Å²) >= 11 is 6.32. The fourth-order valence-electron chi connectivity index (χ4n) is 2.61. The second-order valence-electron chi connectivity index (χ2n) is 6.38. The quantitative estimate of drug-likeness (QED) is 0.284. The van der Waals surface area contributed by atoms with Gasteiger partial charge in [-0.3, -0.25) is 15.1 Å². The van der Waals surface area contributed by atoms with Gasteiger partial charge in [-0.15, -0.1) is 0 Å².